The summed E-state index contributed by atoms with van der Waals surface area (Å²) in [6.07, 6.45) is -2.19. The van der Waals surface area contributed by atoms with Crippen molar-refractivity contribution in [2.75, 3.05) is 0 Å². The summed E-state index contributed by atoms with van der Waals surface area (Å²) in [4.78, 5) is 3.65. The number of benzene rings is 1. The Labute approximate surface area is 168 Å². The summed E-state index contributed by atoms with van der Waals surface area (Å²) >= 11 is 0. The van der Waals surface area contributed by atoms with Gasteiger partial charge in [0.2, 0.25) is 10.0 Å². The molecule has 0 saturated carbocycles. The van der Waals surface area contributed by atoms with Crippen molar-refractivity contribution in [3.05, 3.63) is 72.8 Å². The minimum atomic E-state index is -4.67. The van der Waals surface area contributed by atoms with Crippen molar-refractivity contribution in [3.63, 3.8) is 0 Å². The summed E-state index contributed by atoms with van der Waals surface area (Å²) in [6.45, 7) is 0. The van der Waals surface area contributed by atoms with Crippen LogP contribution < -0.4 is 5.14 Å². The van der Waals surface area contributed by atoms with Crippen LogP contribution in [0.3, 0.4) is 0 Å². The maximum absolute atomic E-state index is 13.3. The second kappa shape index (κ2) is 7.11. The van der Waals surface area contributed by atoms with Gasteiger partial charge in [0, 0.05) is 17.3 Å². The molecule has 0 aliphatic carbocycles. The van der Waals surface area contributed by atoms with E-state index in [2.05, 4.69) is 10.1 Å². The highest BCUT2D eigenvalue weighted by Gasteiger charge is 2.35. The zero-order valence-electron chi connectivity index (χ0n) is 15.0. The highest BCUT2D eigenvalue weighted by Crippen LogP contribution is 2.33. The van der Waals surface area contributed by atoms with Crippen LogP contribution in [0.1, 0.15) is 5.69 Å². The third kappa shape index (κ3) is 3.84. The summed E-state index contributed by atoms with van der Waals surface area (Å²) in [5.74, 6) is 0.620. The molecule has 4 aromatic rings. The van der Waals surface area contributed by atoms with Crippen LogP contribution in [0.25, 0.3) is 28.4 Å². The monoisotopic (exact) mass is 434 g/mol. The largest absolute Gasteiger partial charge is 0.464 e. The predicted molar refractivity (Wildman–Crippen MR) is 101 cm³/mol. The molecule has 0 aliphatic heterocycles. The highest BCUT2D eigenvalue weighted by molar-refractivity contribution is 7.89. The topological polar surface area (TPSA) is 104 Å². The van der Waals surface area contributed by atoms with Crippen molar-refractivity contribution in [2.24, 2.45) is 5.14 Å². The number of nitrogens with zero attached hydrogens (tertiary/aromatic N) is 3. The Balaban J connectivity index is 1.80. The number of furan rings is 1. The van der Waals surface area contributed by atoms with Crippen LogP contribution >= 0.6 is 0 Å². The standard InChI is InChI=1S/C19H13F3N4O3S/c20-19(21,22)17-10-15(12-3-5-13(6-4-12)16-2-1-9-29-16)26(25-17)18-8-7-14(11-24-18)30(23,27)28/h1-11H,(H2,23,27,28). The van der Waals surface area contributed by atoms with E-state index in [1.54, 1.807) is 36.4 Å². The first-order chi connectivity index (χ1) is 14.1. The van der Waals surface area contributed by atoms with E-state index >= 15 is 0 Å². The van der Waals surface area contributed by atoms with Crippen molar-refractivity contribution < 1.29 is 26.0 Å². The van der Waals surface area contributed by atoms with Gasteiger partial charge in [-0.1, -0.05) is 24.3 Å². The molecule has 0 saturated heterocycles. The first-order valence-electron chi connectivity index (χ1n) is 8.44. The minimum Gasteiger partial charge on any atom is -0.464 e. The number of aromatic nitrogens is 3. The van der Waals surface area contributed by atoms with Crippen molar-refractivity contribution in [2.45, 2.75) is 11.1 Å². The molecular formula is C19H13F3N4O3S. The molecule has 1 aromatic carbocycles. The molecule has 0 bridgehead atoms. The van der Waals surface area contributed by atoms with E-state index in [9.17, 15) is 21.6 Å². The van der Waals surface area contributed by atoms with Gasteiger partial charge in [0.05, 0.1) is 12.0 Å². The van der Waals surface area contributed by atoms with Gasteiger partial charge in [0.1, 0.15) is 10.7 Å². The van der Waals surface area contributed by atoms with Crippen molar-refractivity contribution in [3.8, 4) is 28.4 Å². The Morgan fingerprint density at radius 3 is 2.23 bits per heavy atom. The van der Waals surface area contributed by atoms with Gasteiger partial charge in [0.25, 0.3) is 0 Å². The molecule has 0 unspecified atom stereocenters. The third-order valence-electron chi connectivity index (χ3n) is 4.25. The molecule has 0 spiro atoms. The summed E-state index contributed by atoms with van der Waals surface area (Å²) < 4.78 is 68.9. The average Bonchev–Trinajstić information content (AvgIpc) is 3.37. The number of sulfonamides is 1. The van der Waals surface area contributed by atoms with E-state index in [0.717, 1.165) is 28.6 Å². The molecule has 4 rings (SSSR count). The average molecular weight is 434 g/mol. The summed E-state index contributed by atoms with van der Waals surface area (Å²) in [5, 5.41) is 8.66. The fraction of sp³-hybridized carbons (Fsp3) is 0.0526. The SMILES string of the molecule is NS(=O)(=O)c1ccc(-n2nc(C(F)(F)F)cc2-c2ccc(-c3ccco3)cc2)nc1. The number of rotatable bonds is 4. The lowest BCUT2D eigenvalue weighted by Gasteiger charge is -2.08. The van der Waals surface area contributed by atoms with Crippen LogP contribution in [0.5, 0.6) is 0 Å². The molecule has 0 fully saturated rings. The zero-order chi connectivity index (χ0) is 21.5. The Morgan fingerprint density at radius 2 is 1.70 bits per heavy atom. The van der Waals surface area contributed by atoms with E-state index in [1.165, 1.54) is 12.3 Å². The molecule has 3 heterocycles. The second-order valence-electron chi connectivity index (χ2n) is 6.28. The minimum absolute atomic E-state index is 0.00279. The van der Waals surface area contributed by atoms with Crippen molar-refractivity contribution in [1.29, 1.82) is 0 Å². The number of nitrogens with two attached hydrogens (primary N) is 1. The van der Waals surface area contributed by atoms with Crippen molar-refractivity contribution >= 4 is 10.0 Å². The fourth-order valence-corrected chi connectivity index (χ4v) is 3.27. The Hall–Kier alpha value is -3.44. The van der Waals surface area contributed by atoms with Crippen molar-refractivity contribution in [1.82, 2.24) is 14.8 Å². The summed E-state index contributed by atoms with van der Waals surface area (Å²) in [7, 11) is -3.99. The zero-order valence-corrected chi connectivity index (χ0v) is 15.9. The number of primary sulfonamides is 1. The molecule has 30 heavy (non-hydrogen) atoms. The van der Waals surface area contributed by atoms with Gasteiger partial charge in [-0.25, -0.2) is 23.2 Å². The number of pyridine rings is 1. The first-order valence-corrected chi connectivity index (χ1v) is 9.98. The maximum Gasteiger partial charge on any atom is 0.435 e. The molecule has 0 radical (unpaired) electrons. The van der Waals surface area contributed by atoms with Gasteiger partial charge in [-0.3, -0.25) is 0 Å². The van der Waals surface area contributed by atoms with Gasteiger partial charge in [-0.2, -0.15) is 18.3 Å². The Kier molecular flexibility index (Phi) is 4.71. The predicted octanol–water partition coefficient (Wildman–Crippen LogP) is 3.86. The van der Waals surface area contributed by atoms with E-state index in [4.69, 9.17) is 9.56 Å². The highest BCUT2D eigenvalue weighted by atomic mass is 32.2. The van der Waals surface area contributed by atoms with E-state index in [1.807, 2.05) is 0 Å². The van der Waals surface area contributed by atoms with E-state index < -0.39 is 21.9 Å². The molecular weight excluding hydrogens is 421 g/mol. The van der Waals surface area contributed by atoms with Gasteiger partial charge >= 0.3 is 6.18 Å². The quantitative estimate of drug-likeness (QED) is 0.525. The first kappa shape index (κ1) is 19.9. The van der Waals surface area contributed by atoms with Gasteiger partial charge in [-0.15, -0.1) is 0 Å². The van der Waals surface area contributed by atoms with Crippen LogP contribution in [-0.2, 0) is 16.2 Å². The number of halogens is 3. The Bertz CT molecular complexity index is 1280. The van der Waals surface area contributed by atoms with E-state index in [-0.39, 0.29) is 16.4 Å². The molecule has 11 heteroatoms. The summed E-state index contributed by atoms with van der Waals surface area (Å²) in [5.41, 5.74) is 0.223. The van der Waals surface area contributed by atoms with Gasteiger partial charge in [0.15, 0.2) is 11.5 Å². The van der Waals surface area contributed by atoms with Crippen LogP contribution in [-0.4, -0.2) is 23.2 Å². The smallest absolute Gasteiger partial charge is 0.435 e. The van der Waals surface area contributed by atoms with Gasteiger partial charge < -0.3 is 4.42 Å². The molecule has 0 amide bonds. The lowest BCUT2D eigenvalue weighted by molar-refractivity contribution is -0.141. The molecule has 7 nitrogen and oxygen atoms in total. The molecule has 3 aromatic heterocycles. The molecule has 2 N–H and O–H groups in total. The number of hydrogen-bond donors (Lipinski definition) is 1. The van der Waals surface area contributed by atoms with Crippen LogP contribution in [0.4, 0.5) is 13.2 Å². The molecule has 154 valence electrons. The molecule has 0 aliphatic rings. The second-order valence-corrected chi connectivity index (χ2v) is 7.84. The van der Waals surface area contributed by atoms with Crippen LogP contribution in [0.15, 0.2) is 76.4 Å². The summed E-state index contributed by atoms with van der Waals surface area (Å²) in [6, 6.07) is 13.4. The number of hydrogen-bond acceptors (Lipinski definition) is 5. The fourth-order valence-electron chi connectivity index (χ4n) is 2.81. The van der Waals surface area contributed by atoms with Crippen LogP contribution in [0, 0.1) is 0 Å². The third-order valence-corrected chi connectivity index (χ3v) is 5.15. The molecule has 0 atom stereocenters. The maximum atomic E-state index is 13.3. The lowest BCUT2D eigenvalue weighted by Crippen LogP contribution is -2.13. The van der Waals surface area contributed by atoms with Crippen LogP contribution in [0.2, 0.25) is 0 Å². The van der Waals surface area contributed by atoms with Gasteiger partial charge in [-0.05, 0) is 30.3 Å². The number of alkyl halides is 3. The lowest BCUT2D eigenvalue weighted by atomic mass is 10.1. The van der Waals surface area contributed by atoms with E-state index in [0.29, 0.717) is 11.3 Å². The normalized spacial score (nSPS) is 12.3. The Morgan fingerprint density at radius 1 is 1.00 bits per heavy atom.